The smallest absolute Gasteiger partial charge is 0.326 e. The summed E-state index contributed by atoms with van der Waals surface area (Å²) in [6.07, 6.45) is 2.88. The molecule has 0 aliphatic carbocycles. The van der Waals surface area contributed by atoms with Gasteiger partial charge in [-0.1, -0.05) is 12.7 Å². The molecule has 0 bridgehead atoms. The normalized spacial score (nSPS) is 17.8. The molecule has 1 aromatic rings. The van der Waals surface area contributed by atoms with Gasteiger partial charge in [-0.2, -0.15) is 0 Å². The highest BCUT2D eigenvalue weighted by atomic mass is 16.5. The number of hydrogen-bond donors (Lipinski definition) is 1. The van der Waals surface area contributed by atoms with Gasteiger partial charge in [0.25, 0.3) is 5.91 Å². The third-order valence-corrected chi connectivity index (χ3v) is 3.27. The second-order valence-electron chi connectivity index (χ2n) is 4.62. The second kappa shape index (κ2) is 6.23. The van der Waals surface area contributed by atoms with E-state index in [-0.39, 0.29) is 5.91 Å². The number of aliphatic carboxylic acids is 1. The average Bonchev–Trinajstić information content (AvgIpc) is 2.94. The number of ether oxygens (including phenoxy) is 1. The van der Waals surface area contributed by atoms with Crippen molar-refractivity contribution in [1.82, 2.24) is 4.90 Å². The second-order valence-corrected chi connectivity index (χ2v) is 4.62. The molecule has 106 valence electrons. The van der Waals surface area contributed by atoms with E-state index in [2.05, 4.69) is 6.58 Å². The molecule has 5 heteroatoms. The Morgan fingerprint density at radius 2 is 2.10 bits per heavy atom. The Bertz CT molecular complexity index is 509. The summed E-state index contributed by atoms with van der Waals surface area (Å²) in [5.74, 6) is -0.537. The molecule has 20 heavy (non-hydrogen) atoms. The van der Waals surface area contributed by atoms with Gasteiger partial charge < -0.3 is 14.7 Å². The lowest BCUT2D eigenvalue weighted by Crippen LogP contribution is -2.40. The number of likely N-dealkylation sites (tertiary alicyclic amines) is 1. The molecule has 1 atom stereocenters. The van der Waals surface area contributed by atoms with Crippen LogP contribution in [0.2, 0.25) is 0 Å². The van der Waals surface area contributed by atoms with Gasteiger partial charge in [-0.3, -0.25) is 4.79 Å². The van der Waals surface area contributed by atoms with Crippen LogP contribution in [-0.4, -0.2) is 41.1 Å². The molecule has 1 aliphatic heterocycles. The summed E-state index contributed by atoms with van der Waals surface area (Å²) in [6.45, 7) is 4.45. The lowest BCUT2D eigenvalue weighted by Gasteiger charge is -2.21. The Kier molecular flexibility index (Phi) is 4.40. The van der Waals surface area contributed by atoms with Gasteiger partial charge in [0.15, 0.2) is 0 Å². The summed E-state index contributed by atoms with van der Waals surface area (Å²) in [4.78, 5) is 24.8. The lowest BCUT2D eigenvalue weighted by atomic mass is 10.1. The topological polar surface area (TPSA) is 66.8 Å². The van der Waals surface area contributed by atoms with Crippen molar-refractivity contribution in [3.05, 3.63) is 42.5 Å². The van der Waals surface area contributed by atoms with Crippen LogP contribution in [0.15, 0.2) is 36.9 Å². The van der Waals surface area contributed by atoms with Crippen LogP contribution < -0.4 is 4.74 Å². The maximum Gasteiger partial charge on any atom is 0.326 e. The SMILES string of the molecule is C=CCOc1ccc(C(=O)N2CCC[C@@H]2C(=O)O)cc1. The van der Waals surface area contributed by atoms with Gasteiger partial charge in [0.05, 0.1) is 0 Å². The first kappa shape index (κ1) is 14.1. The highest BCUT2D eigenvalue weighted by molar-refractivity contribution is 5.97. The van der Waals surface area contributed by atoms with E-state index in [0.717, 1.165) is 6.42 Å². The number of nitrogens with zero attached hydrogens (tertiary/aromatic N) is 1. The Morgan fingerprint density at radius 1 is 1.40 bits per heavy atom. The fraction of sp³-hybridized carbons (Fsp3) is 0.333. The zero-order valence-electron chi connectivity index (χ0n) is 11.1. The summed E-state index contributed by atoms with van der Waals surface area (Å²) in [5.41, 5.74) is 0.476. The quantitative estimate of drug-likeness (QED) is 0.834. The van der Waals surface area contributed by atoms with Crippen molar-refractivity contribution in [3.8, 4) is 5.75 Å². The molecule has 1 fully saturated rings. The summed E-state index contributed by atoms with van der Waals surface area (Å²) >= 11 is 0. The fourth-order valence-corrected chi connectivity index (χ4v) is 2.28. The van der Waals surface area contributed by atoms with Crippen molar-refractivity contribution < 1.29 is 19.4 Å². The van der Waals surface area contributed by atoms with Crippen molar-refractivity contribution in [2.75, 3.05) is 13.2 Å². The third kappa shape index (κ3) is 2.99. The number of carboxylic acid groups (broad SMARTS) is 1. The van der Waals surface area contributed by atoms with Crippen LogP contribution in [0.25, 0.3) is 0 Å². The van der Waals surface area contributed by atoms with E-state index in [0.29, 0.717) is 30.9 Å². The minimum atomic E-state index is -0.943. The Labute approximate surface area is 117 Å². The number of rotatable bonds is 5. The van der Waals surface area contributed by atoms with E-state index >= 15 is 0 Å². The van der Waals surface area contributed by atoms with Gasteiger partial charge in [-0.25, -0.2) is 4.79 Å². The van der Waals surface area contributed by atoms with E-state index in [1.165, 1.54) is 4.90 Å². The molecule has 1 aromatic carbocycles. The minimum absolute atomic E-state index is 0.245. The van der Waals surface area contributed by atoms with Crippen LogP contribution in [0.4, 0.5) is 0 Å². The predicted molar refractivity (Wildman–Crippen MR) is 73.8 cm³/mol. The molecule has 0 radical (unpaired) electrons. The van der Waals surface area contributed by atoms with E-state index < -0.39 is 12.0 Å². The van der Waals surface area contributed by atoms with Gasteiger partial charge in [-0.05, 0) is 37.1 Å². The summed E-state index contributed by atoms with van der Waals surface area (Å²) in [5, 5.41) is 9.10. The highest BCUT2D eigenvalue weighted by Crippen LogP contribution is 2.21. The molecule has 5 nitrogen and oxygen atoms in total. The summed E-state index contributed by atoms with van der Waals surface area (Å²) < 4.78 is 5.34. The van der Waals surface area contributed by atoms with Crippen LogP contribution in [0.1, 0.15) is 23.2 Å². The van der Waals surface area contributed by atoms with Gasteiger partial charge >= 0.3 is 5.97 Å². The molecule has 1 heterocycles. The number of carboxylic acids is 1. The van der Waals surface area contributed by atoms with Crippen molar-refractivity contribution in [3.63, 3.8) is 0 Å². The van der Waals surface area contributed by atoms with Crippen LogP contribution in [0.3, 0.4) is 0 Å². The number of carbonyl (C=O) groups excluding carboxylic acids is 1. The molecule has 1 aliphatic rings. The molecule has 1 amide bonds. The van der Waals surface area contributed by atoms with Crippen molar-refractivity contribution >= 4 is 11.9 Å². The van der Waals surface area contributed by atoms with Crippen molar-refractivity contribution in [2.45, 2.75) is 18.9 Å². The largest absolute Gasteiger partial charge is 0.490 e. The van der Waals surface area contributed by atoms with Crippen LogP contribution in [0.5, 0.6) is 5.75 Å². The van der Waals surface area contributed by atoms with Gasteiger partial charge in [-0.15, -0.1) is 0 Å². The van der Waals surface area contributed by atoms with Crippen LogP contribution in [-0.2, 0) is 4.79 Å². The molecular weight excluding hydrogens is 258 g/mol. The molecule has 1 saturated heterocycles. The van der Waals surface area contributed by atoms with E-state index in [1.807, 2.05) is 0 Å². The minimum Gasteiger partial charge on any atom is -0.490 e. The molecule has 0 spiro atoms. The zero-order valence-corrected chi connectivity index (χ0v) is 11.1. The number of carbonyl (C=O) groups is 2. The fourth-order valence-electron chi connectivity index (χ4n) is 2.28. The van der Waals surface area contributed by atoms with Crippen LogP contribution in [0, 0.1) is 0 Å². The maximum atomic E-state index is 12.3. The summed E-state index contributed by atoms with van der Waals surface area (Å²) in [6, 6.07) is 5.99. The van der Waals surface area contributed by atoms with Crippen molar-refractivity contribution in [1.29, 1.82) is 0 Å². The molecule has 1 N–H and O–H groups in total. The lowest BCUT2D eigenvalue weighted by molar-refractivity contribution is -0.141. The first-order valence-corrected chi connectivity index (χ1v) is 6.51. The number of amides is 1. The molecule has 2 rings (SSSR count). The van der Waals surface area contributed by atoms with Gasteiger partial charge in [0.2, 0.25) is 0 Å². The monoisotopic (exact) mass is 275 g/mol. The van der Waals surface area contributed by atoms with E-state index in [9.17, 15) is 9.59 Å². The summed E-state index contributed by atoms with van der Waals surface area (Å²) in [7, 11) is 0. The standard InChI is InChI=1S/C15H17NO4/c1-2-10-20-12-7-5-11(6-8-12)14(17)16-9-3-4-13(16)15(18)19/h2,5-8,13H,1,3-4,9-10H2,(H,18,19)/t13-/m1/s1. The maximum absolute atomic E-state index is 12.3. The first-order chi connectivity index (χ1) is 9.63. The van der Waals surface area contributed by atoms with Gasteiger partial charge in [0, 0.05) is 12.1 Å². The predicted octanol–water partition coefficient (Wildman–Crippen LogP) is 1.94. The number of benzene rings is 1. The zero-order chi connectivity index (χ0) is 14.5. The Morgan fingerprint density at radius 3 is 2.70 bits per heavy atom. The Balaban J connectivity index is 2.09. The molecule has 0 saturated carbocycles. The van der Waals surface area contributed by atoms with Crippen LogP contribution >= 0.6 is 0 Å². The number of hydrogen-bond acceptors (Lipinski definition) is 3. The first-order valence-electron chi connectivity index (χ1n) is 6.51. The van der Waals surface area contributed by atoms with E-state index in [1.54, 1.807) is 30.3 Å². The van der Waals surface area contributed by atoms with Crippen molar-refractivity contribution in [2.24, 2.45) is 0 Å². The van der Waals surface area contributed by atoms with E-state index in [4.69, 9.17) is 9.84 Å². The average molecular weight is 275 g/mol. The Hall–Kier alpha value is -2.30. The molecule has 0 unspecified atom stereocenters. The highest BCUT2D eigenvalue weighted by Gasteiger charge is 2.34. The molecule has 0 aromatic heterocycles. The third-order valence-electron chi connectivity index (χ3n) is 3.27. The van der Waals surface area contributed by atoms with Gasteiger partial charge in [0.1, 0.15) is 18.4 Å². The molecular formula is C15H17NO4.